The summed E-state index contributed by atoms with van der Waals surface area (Å²) in [4.78, 5) is 11.8. The number of aromatic nitrogens is 1. The summed E-state index contributed by atoms with van der Waals surface area (Å²) in [5.74, 6) is -0.567. The lowest BCUT2D eigenvalue weighted by molar-refractivity contribution is 0.0589. The fourth-order valence-corrected chi connectivity index (χ4v) is 3.75. The SMILES string of the molecule is COC(=O)c1cc(S(=O)(=O)N(C)Cc2ccccc2)c(C)n1C. The Hall–Kier alpha value is -2.12. The van der Waals surface area contributed by atoms with Crippen LogP contribution in [0.1, 0.15) is 21.7 Å². The summed E-state index contributed by atoms with van der Waals surface area (Å²) < 4.78 is 33.1. The van der Waals surface area contributed by atoms with Crippen LogP contribution in [0.4, 0.5) is 0 Å². The smallest absolute Gasteiger partial charge is 0.354 e. The maximum absolute atomic E-state index is 12.8. The van der Waals surface area contributed by atoms with Crippen LogP contribution in [0, 0.1) is 6.92 Å². The molecule has 0 aliphatic heterocycles. The van der Waals surface area contributed by atoms with E-state index in [0.717, 1.165) is 5.56 Å². The minimum Gasteiger partial charge on any atom is -0.464 e. The molecule has 124 valence electrons. The predicted molar refractivity (Wildman–Crippen MR) is 86.6 cm³/mol. The Morgan fingerprint density at radius 3 is 2.43 bits per heavy atom. The number of ether oxygens (including phenoxy) is 1. The average molecular weight is 336 g/mol. The van der Waals surface area contributed by atoms with Crippen molar-refractivity contribution in [2.45, 2.75) is 18.4 Å². The minimum atomic E-state index is -3.71. The summed E-state index contributed by atoms with van der Waals surface area (Å²) in [6.07, 6.45) is 0. The molecule has 0 unspecified atom stereocenters. The molecule has 0 bridgehead atoms. The summed E-state index contributed by atoms with van der Waals surface area (Å²) in [6.45, 7) is 1.92. The molecular weight excluding hydrogens is 316 g/mol. The molecule has 23 heavy (non-hydrogen) atoms. The Kier molecular flexibility index (Phi) is 4.91. The standard InChI is InChI=1S/C16H20N2O4S/c1-12-15(10-14(18(12)3)16(19)22-4)23(20,21)17(2)11-13-8-6-5-7-9-13/h5-10H,11H2,1-4H3. The summed E-state index contributed by atoms with van der Waals surface area (Å²) in [7, 11) is 0.715. The van der Waals surface area contributed by atoms with Crippen LogP contribution in [-0.4, -0.2) is 37.4 Å². The van der Waals surface area contributed by atoms with Gasteiger partial charge in [0, 0.05) is 26.3 Å². The number of carbonyl (C=O) groups is 1. The number of benzene rings is 1. The molecule has 2 aromatic rings. The molecule has 0 atom stereocenters. The van der Waals surface area contributed by atoms with Gasteiger partial charge >= 0.3 is 5.97 Å². The molecule has 7 heteroatoms. The zero-order valence-electron chi connectivity index (χ0n) is 13.6. The van der Waals surface area contributed by atoms with Gasteiger partial charge in [-0.25, -0.2) is 13.2 Å². The highest BCUT2D eigenvalue weighted by atomic mass is 32.2. The summed E-state index contributed by atoms with van der Waals surface area (Å²) in [6, 6.07) is 10.7. The topological polar surface area (TPSA) is 68.6 Å². The van der Waals surface area contributed by atoms with Crippen molar-refractivity contribution in [2.24, 2.45) is 7.05 Å². The second kappa shape index (κ2) is 6.55. The largest absolute Gasteiger partial charge is 0.464 e. The monoisotopic (exact) mass is 336 g/mol. The van der Waals surface area contributed by atoms with E-state index in [-0.39, 0.29) is 17.1 Å². The molecule has 0 spiro atoms. The molecule has 1 heterocycles. The van der Waals surface area contributed by atoms with Gasteiger partial charge in [-0.3, -0.25) is 0 Å². The van der Waals surface area contributed by atoms with Crippen LogP contribution in [0.15, 0.2) is 41.3 Å². The first kappa shape index (κ1) is 17.2. The summed E-state index contributed by atoms with van der Waals surface area (Å²) in [5.41, 5.74) is 1.59. The van der Waals surface area contributed by atoms with Crippen molar-refractivity contribution < 1.29 is 17.9 Å². The van der Waals surface area contributed by atoms with Gasteiger partial charge in [0.2, 0.25) is 10.0 Å². The quantitative estimate of drug-likeness (QED) is 0.783. The van der Waals surface area contributed by atoms with E-state index in [0.29, 0.717) is 5.69 Å². The number of rotatable bonds is 5. The Morgan fingerprint density at radius 1 is 1.26 bits per heavy atom. The first-order valence-corrected chi connectivity index (χ1v) is 8.48. The van der Waals surface area contributed by atoms with E-state index < -0.39 is 16.0 Å². The fourth-order valence-electron chi connectivity index (χ4n) is 2.33. The van der Waals surface area contributed by atoms with E-state index in [2.05, 4.69) is 4.74 Å². The van der Waals surface area contributed by atoms with Crippen molar-refractivity contribution >= 4 is 16.0 Å². The number of sulfonamides is 1. The number of carbonyl (C=O) groups excluding carboxylic acids is 1. The van der Waals surface area contributed by atoms with Crippen LogP contribution in [0.2, 0.25) is 0 Å². The number of esters is 1. The highest BCUT2D eigenvalue weighted by molar-refractivity contribution is 7.89. The van der Waals surface area contributed by atoms with E-state index in [1.165, 1.54) is 29.1 Å². The molecule has 0 amide bonds. The Bertz CT molecular complexity index is 810. The van der Waals surface area contributed by atoms with E-state index in [1.54, 1.807) is 14.0 Å². The normalized spacial score (nSPS) is 11.7. The first-order chi connectivity index (χ1) is 10.8. The molecule has 0 saturated carbocycles. The van der Waals surface area contributed by atoms with Crippen LogP contribution >= 0.6 is 0 Å². The molecule has 1 aromatic heterocycles. The number of nitrogens with zero attached hydrogens (tertiary/aromatic N) is 2. The maximum Gasteiger partial charge on any atom is 0.354 e. The van der Waals surface area contributed by atoms with Gasteiger partial charge in [-0.15, -0.1) is 0 Å². The Labute approximate surface area is 136 Å². The van der Waals surface area contributed by atoms with E-state index in [9.17, 15) is 13.2 Å². The van der Waals surface area contributed by atoms with E-state index in [1.807, 2.05) is 30.3 Å². The predicted octanol–water partition coefficient (Wildman–Crippen LogP) is 1.94. The molecule has 0 radical (unpaired) electrons. The van der Waals surface area contributed by atoms with Crippen molar-refractivity contribution in [2.75, 3.05) is 14.2 Å². The van der Waals surface area contributed by atoms with Gasteiger partial charge in [0.25, 0.3) is 0 Å². The third kappa shape index (κ3) is 3.30. The molecule has 0 saturated heterocycles. The van der Waals surface area contributed by atoms with E-state index in [4.69, 9.17) is 0 Å². The number of methoxy groups -OCH3 is 1. The lowest BCUT2D eigenvalue weighted by Crippen LogP contribution is -2.26. The molecule has 0 fully saturated rings. The molecule has 1 aromatic carbocycles. The van der Waals surface area contributed by atoms with Gasteiger partial charge in [-0.05, 0) is 18.6 Å². The molecule has 6 nitrogen and oxygen atoms in total. The second-order valence-corrected chi connectivity index (χ2v) is 7.29. The highest BCUT2D eigenvalue weighted by Gasteiger charge is 2.28. The zero-order valence-corrected chi connectivity index (χ0v) is 14.4. The van der Waals surface area contributed by atoms with Crippen LogP contribution in [0.25, 0.3) is 0 Å². The summed E-state index contributed by atoms with van der Waals surface area (Å²) >= 11 is 0. The second-order valence-electron chi connectivity index (χ2n) is 5.28. The molecule has 0 N–H and O–H groups in total. The van der Waals surface area contributed by atoms with Gasteiger partial charge in [-0.2, -0.15) is 4.31 Å². The van der Waals surface area contributed by atoms with Crippen molar-refractivity contribution in [1.82, 2.24) is 8.87 Å². The van der Waals surface area contributed by atoms with Crippen molar-refractivity contribution in [1.29, 1.82) is 0 Å². The van der Waals surface area contributed by atoms with Crippen LogP contribution in [0.5, 0.6) is 0 Å². The third-order valence-electron chi connectivity index (χ3n) is 3.82. The molecule has 0 aliphatic rings. The molecule has 0 aliphatic carbocycles. The summed E-state index contributed by atoms with van der Waals surface area (Å²) in [5, 5.41) is 0. The minimum absolute atomic E-state index is 0.110. The van der Waals surface area contributed by atoms with Gasteiger partial charge in [0.15, 0.2) is 0 Å². The van der Waals surface area contributed by atoms with Gasteiger partial charge in [0.05, 0.1) is 7.11 Å². The van der Waals surface area contributed by atoms with Gasteiger partial charge in [-0.1, -0.05) is 30.3 Å². The lowest BCUT2D eigenvalue weighted by Gasteiger charge is -2.17. The zero-order chi connectivity index (χ0) is 17.2. The van der Waals surface area contributed by atoms with Gasteiger partial charge < -0.3 is 9.30 Å². The average Bonchev–Trinajstić information content (AvgIpc) is 2.84. The van der Waals surface area contributed by atoms with Crippen molar-refractivity contribution in [3.63, 3.8) is 0 Å². The molecular formula is C16H20N2O4S. The third-order valence-corrected chi connectivity index (χ3v) is 5.74. The van der Waals surface area contributed by atoms with Crippen LogP contribution in [-0.2, 0) is 28.4 Å². The van der Waals surface area contributed by atoms with Gasteiger partial charge in [0.1, 0.15) is 10.6 Å². The lowest BCUT2D eigenvalue weighted by atomic mass is 10.2. The first-order valence-electron chi connectivity index (χ1n) is 7.04. The Balaban J connectivity index is 2.38. The van der Waals surface area contributed by atoms with Crippen molar-refractivity contribution in [3.05, 3.63) is 53.3 Å². The Morgan fingerprint density at radius 2 is 1.87 bits per heavy atom. The van der Waals surface area contributed by atoms with Crippen molar-refractivity contribution in [3.8, 4) is 0 Å². The fraction of sp³-hybridized carbons (Fsp3) is 0.312. The highest BCUT2D eigenvalue weighted by Crippen LogP contribution is 2.24. The number of hydrogen-bond acceptors (Lipinski definition) is 4. The maximum atomic E-state index is 12.8. The number of hydrogen-bond donors (Lipinski definition) is 0. The van der Waals surface area contributed by atoms with Crippen LogP contribution in [0.3, 0.4) is 0 Å². The molecule has 2 rings (SSSR count). The van der Waals surface area contributed by atoms with E-state index >= 15 is 0 Å². The van der Waals surface area contributed by atoms with Crippen LogP contribution < -0.4 is 0 Å².